The molecule has 0 aliphatic rings. The highest BCUT2D eigenvalue weighted by Crippen LogP contribution is 2.28. The van der Waals surface area contributed by atoms with E-state index in [1.165, 1.54) is 0 Å². The fraction of sp³-hybridized carbons (Fsp3) is 0.600. The summed E-state index contributed by atoms with van der Waals surface area (Å²) in [5.74, 6) is 0.587. The predicted octanol–water partition coefficient (Wildman–Crippen LogP) is 4.33. The first kappa shape index (κ1) is 15.3. The Morgan fingerprint density at radius 2 is 2.11 bits per heavy atom. The summed E-state index contributed by atoms with van der Waals surface area (Å²) >= 11 is 5.99. The molecule has 2 unspecified atom stereocenters. The van der Waals surface area contributed by atoms with E-state index in [2.05, 4.69) is 26.1 Å². The number of benzene rings is 1. The molecule has 102 valence electrons. The Labute approximate surface area is 115 Å². The van der Waals surface area contributed by atoms with Crippen LogP contribution in [0, 0.1) is 5.92 Å². The Hall–Kier alpha value is -0.730. The van der Waals surface area contributed by atoms with Crippen molar-refractivity contribution >= 4 is 17.3 Å². The molecule has 1 rings (SSSR count). The molecule has 0 fully saturated rings. The van der Waals surface area contributed by atoms with Crippen molar-refractivity contribution < 1.29 is 5.11 Å². The van der Waals surface area contributed by atoms with Crippen molar-refractivity contribution in [3.8, 4) is 0 Å². The highest BCUT2D eigenvalue weighted by Gasteiger charge is 2.28. The maximum absolute atomic E-state index is 9.76. The molecule has 0 radical (unpaired) electrons. The molecule has 0 aliphatic heterocycles. The van der Waals surface area contributed by atoms with E-state index >= 15 is 0 Å². The van der Waals surface area contributed by atoms with E-state index in [1.807, 2.05) is 24.3 Å². The maximum atomic E-state index is 9.76. The molecule has 1 aromatic carbocycles. The van der Waals surface area contributed by atoms with Crippen molar-refractivity contribution in [2.24, 2.45) is 5.92 Å². The Morgan fingerprint density at radius 1 is 1.39 bits per heavy atom. The molecule has 0 amide bonds. The van der Waals surface area contributed by atoms with Crippen LogP contribution in [0.1, 0.15) is 40.0 Å². The number of hydrogen-bond acceptors (Lipinski definition) is 2. The lowest BCUT2D eigenvalue weighted by Crippen LogP contribution is -2.43. The van der Waals surface area contributed by atoms with Gasteiger partial charge in [0, 0.05) is 10.7 Å². The third kappa shape index (κ3) is 4.18. The summed E-state index contributed by atoms with van der Waals surface area (Å²) in [5, 5.41) is 13.9. The monoisotopic (exact) mass is 269 g/mol. The van der Waals surface area contributed by atoms with Crippen LogP contribution in [0.25, 0.3) is 0 Å². The Bertz CT molecular complexity index is 363. The molecule has 0 aliphatic carbocycles. The summed E-state index contributed by atoms with van der Waals surface area (Å²) < 4.78 is 0. The minimum absolute atomic E-state index is 0.139. The van der Waals surface area contributed by atoms with Crippen LogP contribution in [0.15, 0.2) is 24.3 Å². The largest absolute Gasteiger partial charge is 0.394 e. The molecular formula is C15H24ClNO. The van der Waals surface area contributed by atoms with Crippen molar-refractivity contribution in [3.05, 3.63) is 29.3 Å². The van der Waals surface area contributed by atoms with Gasteiger partial charge in [0.05, 0.1) is 12.1 Å². The summed E-state index contributed by atoms with van der Waals surface area (Å²) in [7, 11) is 0. The molecule has 2 N–H and O–H groups in total. The molecule has 18 heavy (non-hydrogen) atoms. The van der Waals surface area contributed by atoms with Crippen LogP contribution in [0.5, 0.6) is 0 Å². The Kier molecular flexibility index (Phi) is 5.97. The fourth-order valence-corrected chi connectivity index (χ4v) is 2.37. The van der Waals surface area contributed by atoms with Gasteiger partial charge in [0.1, 0.15) is 0 Å². The topological polar surface area (TPSA) is 32.3 Å². The van der Waals surface area contributed by atoms with Crippen LogP contribution in [0.2, 0.25) is 5.02 Å². The van der Waals surface area contributed by atoms with Crippen LogP contribution in [0.4, 0.5) is 5.69 Å². The fourth-order valence-electron chi connectivity index (χ4n) is 2.18. The Morgan fingerprint density at radius 3 is 2.61 bits per heavy atom. The molecule has 3 heteroatoms. The summed E-state index contributed by atoms with van der Waals surface area (Å²) in [5.41, 5.74) is 0.724. The van der Waals surface area contributed by atoms with Gasteiger partial charge < -0.3 is 10.4 Å². The molecule has 0 spiro atoms. The van der Waals surface area contributed by atoms with E-state index in [4.69, 9.17) is 11.6 Å². The van der Waals surface area contributed by atoms with Crippen LogP contribution >= 0.6 is 11.6 Å². The van der Waals surface area contributed by atoms with Crippen molar-refractivity contribution in [2.45, 2.75) is 45.6 Å². The summed E-state index contributed by atoms with van der Waals surface area (Å²) in [6, 6.07) is 7.67. The highest BCUT2D eigenvalue weighted by atomic mass is 35.5. The average Bonchev–Trinajstić information content (AvgIpc) is 2.37. The molecule has 0 heterocycles. The second kappa shape index (κ2) is 7.01. The van der Waals surface area contributed by atoms with Gasteiger partial charge in [0.25, 0.3) is 0 Å². The lowest BCUT2D eigenvalue weighted by molar-refractivity contribution is 0.181. The highest BCUT2D eigenvalue weighted by molar-refractivity contribution is 6.30. The second-order valence-electron chi connectivity index (χ2n) is 5.14. The first-order valence-corrected chi connectivity index (χ1v) is 7.07. The summed E-state index contributed by atoms with van der Waals surface area (Å²) in [6.45, 7) is 6.65. The molecule has 0 bridgehead atoms. The van der Waals surface area contributed by atoms with Gasteiger partial charge in [-0.15, -0.1) is 0 Å². The van der Waals surface area contributed by atoms with Gasteiger partial charge in [0.2, 0.25) is 0 Å². The van der Waals surface area contributed by atoms with Crippen molar-refractivity contribution in [3.63, 3.8) is 0 Å². The van der Waals surface area contributed by atoms with E-state index in [-0.39, 0.29) is 12.1 Å². The van der Waals surface area contributed by atoms with Crippen LogP contribution < -0.4 is 5.32 Å². The summed E-state index contributed by atoms with van der Waals surface area (Å²) in [6.07, 6.45) is 2.97. The van der Waals surface area contributed by atoms with Gasteiger partial charge in [-0.25, -0.2) is 0 Å². The minimum atomic E-state index is -0.250. The van der Waals surface area contributed by atoms with Gasteiger partial charge >= 0.3 is 0 Å². The van der Waals surface area contributed by atoms with Gasteiger partial charge in [-0.3, -0.25) is 0 Å². The zero-order valence-corrected chi connectivity index (χ0v) is 12.3. The van der Waals surface area contributed by atoms with Gasteiger partial charge in [-0.05, 0) is 37.0 Å². The van der Waals surface area contributed by atoms with Crippen LogP contribution in [0.3, 0.4) is 0 Å². The lowest BCUT2D eigenvalue weighted by atomic mass is 9.85. The average molecular weight is 270 g/mol. The zero-order chi connectivity index (χ0) is 13.6. The van der Waals surface area contributed by atoms with E-state index in [1.54, 1.807) is 0 Å². The summed E-state index contributed by atoms with van der Waals surface area (Å²) in [4.78, 5) is 0. The minimum Gasteiger partial charge on any atom is -0.394 e. The van der Waals surface area contributed by atoms with Crippen LogP contribution in [-0.4, -0.2) is 17.3 Å². The third-order valence-electron chi connectivity index (χ3n) is 3.65. The molecule has 0 saturated heterocycles. The van der Waals surface area contributed by atoms with Crippen molar-refractivity contribution in [1.82, 2.24) is 0 Å². The number of aliphatic hydroxyl groups is 1. The number of anilines is 1. The molecule has 1 aromatic rings. The van der Waals surface area contributed by atoms with E-state index < -0.39 is 0 Å². The number of hydrogen-bond donors (Lipinski definition) is 2. The number of nitrogens with one attached hydrogen (secondary N) is 1. The first-order chi connectivity index (χ1) is 8.55. The lowest BCUT2D eigenvalue weighted by Gasteiger charge is -2.35. The smallest absolute Gasteiger partial charge is 0.0661 e. The van der Waals surface area contributed by atoms with Gasteiger partial charge in [-0.1, -0.05) is 44.9 Å². The van der Waals surface area contributed by atoms with E-state index in [9.17, 15) is 5.11 Å². The number of rotatable bonds is 7. The molecule has 2 nitrogen and oxygen atoms in total. The number of halogens is 1. The van der Waals surface area contributed by atoms with E-state index in [0.29, 0.717) is 10.9 Å². The normalized spacial score (nSPS) is 16.1. The molecule has 0 aromatic heterocycles. The van der Waals surface area contributed by atoms with Gasteiger partial charge in [-0.2, -0.15) is 0 Å². The van der Waals surface area contributed by atoms with Gasteiger partial charge in [0.15, 0.2) is 0 Å². The maximum Gasteiger partial charge on any atom is 0.0661 e. The standard InChI is InChI=1S/C15H24ClNO/c1-4-12(3)10-15(5-2,11-18)17-14-8-6-7-13(16)9-14/h6-9,12,17-18H,4-5,10-11H2,1-3H3. The Balaban J connectivity index is 2.84. The predicted molar refractivity (Wildman–Crippen MR) is 79.3 cm³/mol. The second-order valence-corrected chi connectivity index (χ2v) is 5.58. The van der Waals surface area contributed by atoms with Crippen molar-refractivity contribution in [1.29, 1.82) is 0 Å². The zero-order valence-electron chi connectivity index (χ0n) is 11.5. The SMILES string of the molecule is CCC(C)CC(CC)(CO)Nc1cccc(Cl)c1. The van der Waals surface area contributed by atoms with Crippen LogP contribution in [-0.2, 0) is 0 Å². The van der Waals surface area contributed by atoms with E-state index in [0.717, 1.165) is 24.9 Å². The molecular weight excluding hydrogens is 246 g/mol. The third-order valence-corrected chi connectivity index (χ3v) is 3.88. The number of aliphatic hydroxyl groups excluding tert-OH is 1. The quantitative estimate of drug-likeness (QED) is 0.772. The van der Waals surface area contributed by atoms with Crippen molar-refractivity contribution in [2.75, 3.05) is 11.9 Å². The molecule has 0 saturated carbocycles. The molecule has 2 atom stereocenters. The first-order valence-electron chi connectivity index (χ1n) is 6.70.